The number of anilines is 1. The Labute approximate surface area is 104 Å². The van der Waals surface area contributed by atoms with E-state index in [2.05, 4.69) is 5.32 Å². The molecule has 0 heterocycles. The van der Waals surface area contributed by atoms with Crippen molar-refractivity contribution in [2.24, 2.45) is 0 Å². The van der Waals surface area contributed by atoms with Gasteiger partial charge in [-0.15, -0.1) is 0 Å². The fourth-order valence-electron chi connectivity index (χ4n) is 1.36. The van der Waals surface area contributed by atoms with Crippen LogP contribution >= 0.6 is 0 Å². The molecule has 7 heteroatoms. The number of aliphatic hydroxyl groups excluding tert-OH is 1. The third-order valence-electron chi connectivity index (χ3n) is 2.12. The van der Waals surface area contributed by atoms with Gasteiger partial charge in [-0.1, -0.05) is 0 Å². The average molecular weight is 258 g/mol. The molecule has 0 fully saturated rings. The molecule has 0 saturated carbocycles. The number of benzene rings is 1. The summed E-state index contributed by atoms with van der Waals surface area (Å²) in [5.74, 6) is -0.650. The fourth-order valence-corrected chi connectivity index (χ4v) is 1.36. The number of nitro groups is 1. The second-order valence-corrected chi connectivity index (χ2v) is 3.57. The molecule has 0 atom stereocenters. The molecular formula is C11H15FN2O4. The number of hydrogen-bond acceptors (Lipinski definition) is 5. The number of ether oxygens (including phenoxy) is 1. The van der Waals surface area contributed by atoms with E-state index in [0.29, 0.717) is 25.3 Å². The summed E-state index contributed by atoms with van der Waals surface area (Å²) in [7, 11) is 0. The van der Waals surface area contributed by atoms with Gasteiger partial charge in [0.05, 0.1) is 24.2 Å². The van der Waals surface area contributed by atoms with Gasteiger partial charge in [0.1, 0.15) is 5.82 Å². The topological polar surface area (TPSA) is 84.6 Å². The van der Waals surface area contributed by atoms with Gasteiger partial charge in [-0.3, -0.25) is 10.1 Å². The van der Waals surface area contributed by atoms with Gasteiger partial charge < -0.3 is 15.2 Å². The first-order valence-corrected chi connectivity index (χ1v) is 5.51. The number of hydrogen-bond donors (Lipinski definition) is 2. The first-order chi connectivity index (χ1) is 8.63. The van der Waals surface area contributed by atoms with Crippen molar-refractivity contribution in [1.82, 2.24) is 0 Å². The second-order valence-electron chi connectivity index (χ2n) is 3.57. The number of rotatable bonds is 8. The lowest BCUT2D eigenvalue weighted by Gasteiger charge is -2.06. The molecule has 0 aliphatic rings. The van der Waals surface area contributed by atoms with E-state index in [1.807, 2.05) is 0 Å². The monoisotopic (exact) mass is 258 g/mol. The number of non-ortho nitro benzene ring substituents is 1. The van der Waals surface area contributed by atoms with Crippen LogP contribution in [0.25, 0.3) is 0 Å². The highest BCUT2D eigenvalue weighted by Crippen LogP contribution is 2.19. The second kappa shape index (κ2) is 7.57. The molecular weight excluding hydrogens is 243 g/mol. The van der Waals surface area contributed by atoms with Crippen LogP contribution in [0.1, 0.15) is 6.42 Å². The zero-order valence-corrected chi connectivity index (χ0v) is 9.76. The Morgan fingerprint density at radius 2 is 2.17 bits per heavy atom. The summed E-state index contributed by atoms with van der Waals surface area (Å²) in [6.45, 7) is 1.23. The van der Waals surface area contributed by atoms with E-state index in [1.165, 1.54) is 12.1 Å². The predicted octanol–water partition coefficient (Wildman–Crippen LogP) is 1.54. The van der Waals surface area contributed by atoms with Gasteiger partial charge in [0.25, 0.3) is 5.69 Å². The largest absolute Gasteiger partial charge is 0.394 e. The van der Waals surface area contributed by atoms with Gasteiger partial charge in [0.15, 0.2) is 0 Å². The highest BCUT2D eigenvalue weighted by atomic mass is 19.1. The molecule has 18 heavy (non-hydrogen) atoms. The number of aliphatic hydroxyl groups is 1. The lowest BCUT2D eigenvalue weighted by atomic mass is 10.2. The van der Waals surface area contributed by atoms with Crippen LogP contribution in [-0.4, -0.2) is 36.4 Å². The third-order valence-corrected chi connectivity index (χ3v) is 2.12. The van der Waals surface area contributed by atoms with Crippen LogP contribution in [-0.2, 0) is 4.74 Å². The number of halogens is 1. The molecule has 0 aliphatic heterocycles. The molecule has 0 spiro atoms. The van der Waals surface area contributed by atoms with Crippen LogP contribution in [0.5, 0.6) is 0 Å². The molecule has 1 aromatic rings. The maximum atomic E-state index is 13.1. The van der Waals surface area contributed by atoms with Crippen LogP contribution in [0.3, 0.4) is 0 Å². The molecule has 0 aliphatic carbocycles. The summed E-state index contributed by atoms with van der Waals surface area (Å²) in [6.07, 6.45) is 0.657. The van der Waals surface area contributed by atoms with Crippen molar-refractivity contribution in [2.45, 2.75) is 6.42 Å². The molecule has 0 bridgehead atoms. The molecule has 0 unspecified atom stereocenters. The predicted molar refractivity (Wildman–Crippen MR) is 64.1 cm³/mol. The summed E-state index contributed by atoms with van der Waals surface area (Å²) in [5.41, 5.74) is 0.0814. The van der Waals surface area contributed by atoms with Gasteiger partial charge in [0.2, 0.25) is 0 Å². The van der Waals surface area contributed by atoms with E-state index in [1.54, 1.807) is 0 Å². The van der Waals surface area contributed by atoms with Gasteiger partial charge in [-0.2, -0.15) is 0 Å². The number of nitro benzene ring substituents is 1. The molecule has 0 amide bonds. The van der Waals surface area contributed by atoms with Gasteiger partial charge in [0, 0.05) is 24.9 Å². The highest BCUT2D eigenvalue weighted by molar-refractivity contribution is 5.51. The SMILES string of the molecule is O=[N+]([O-])c1cc(F)cc(NCCCOCCO)c1. The van der Waals surface area contributed by atoms with Crippen molar-refractivity contribution in [1.29, 1.82) is 0 Å². The summed E-state index contributed by atoms with van der Waals surface area (Å²) in [5, 5.41) is 21.9. The lowest BCUT2D eigenvalue weighted by Crippen LogP contribution is -2.08. The fraction of sp³-hybridized carbons (Fsp3) is 0.455. The normalized spacial score (nSPS) is 10.3. The first kappa shape index (κ1) is 14.3. The van der Waals surface area contributed by atoms with Crippen molar-refractivity contribution in [3.63, 3.8) is 0 Å². The van der Waals surface area contributed by atoms with Crippen molar-refractivity contribution < 1.29 is 19.2 Å². The minimum absolute atomic E-state index is 0.0243. The van der Waals surface area contributed by atoms with Crippen LogP contribution in [0.15, 0.2) is 18.2 Å². The van der Waals surface area contributed by atoms with Crippen molar-refractivity contribution >= 4 is 11.4 Å². The summed E-state index contributed by atoms with van der Waals surface area (Å²) >= 11 is 0. The molecule has 0 radical (unpaired) electrons. The van der Waals surface area contributed by atoms with E-state index in [4.69, 9.17) is 9.84 Å². The average Bonchev–Trinajstić information content (AvgIpc) is 2.33. The maximum absolute atomic E-state index is 13.1. The molecule has 2 N–H and O–H groups in total. The minimum Gasteiger partial charge on any atom is -0.394 e. The van der Waals surface area contributed by atoms with E-state index in [9.17, 15) is 14.5 Å². The number of nitrogens with zero attached hydrogens (tertiary/aromatic N) is 1. The zero-order chi connectivity index (χ0) is 13.4. The summed E-state index contributed by atoms with van der Waals surface area (Å²) in [6, 6.07) is 3.34. The van der Waals surface area contributed by atoms with Crippen LogP contribution in [0, 0.1) is 15.9 Å². The Hall–Kier alpha value is -1.73. The minimum atomic E-state index is -0.650. The lowest BCUT2D eigenvalue weighted by molar-refractivity contribution is -0.385. The van der Waals surface area contributed by atoms with Gasteiger partial charge in [-0.25, -0.2) is 4.39 Å². The smallest absolute Gasteiger partial charge is 0.274 e. The van der Waals surface area contributed by atoms with Crippen LogP contribution < -0.4 is 5.32 Å². The standard InChI is InChI=1S/C11H15FN2O4/c12-9-6-10(8-11(7-9)14(16)17)13-2-1-4-18-5-3-15/h6-8,13,15H,1-5H2. The van der Waals surface area contributed by atoms with E-state index in [-0.39, 0.29) is 18.9 Å². The van der Waals surface area contributed by atoms with E-state index >= 15 is 0 Å². The quantitative estimate of drug-likeness (QED) is 0.420. The summed E-state index contributed by atoms with van der Waals surface area (Å²) < 4.78 is 18.1. The molecule has 6 nitrogen and oxygen atoms in total. The zero-order valence-electron chi connectivity index (χ0n) is 9.76. The Morgan fingerprint density at radius 1 is 1.39 bits per heavy atom. The van der Waals surface area contributed by atoms with Gasteiger partial charge in [-0.05, 0) is 12.5 Å². The third kappa shape index (κ3) is 5.07. The van der Waals surface area contributed by atoms with E-state index < -0.39 is 10.7 Å². The van der Waals surface area contributed by atoms with Crippen molar-refractivity contribution in [3.8, 4) is 0 Å². The molecule has 0 aromatic heterocycles. The Bertz CT molecular complexity index is 401. The molecule has 0 saturated heterocycles. The first-order valence-electron chi connectivity index (χ1n) is 5.51. The Balaban J connectivity index is 2.40. The van der Waals surface area contributed by atoms with Crippen LogP contribution in [0.2, 0.25) is 0 Å². The number of nitrogens with one attached hydrogen (secondary N) is 1. The van der Waals surface area contributed by atoms with Crippen molar-refractivity contribution in [3.05, 3.63) is 34.1 Å². The molecule has 1 aromatic carbocycles. The van der Waals surface area contributed by atoms with Crippen LogP contribution in [0.4, 0.5) is 15.8 Å². The van der Waals surface area contributed by atoms with Crippen molar-refractivity contribution in [2.75, 3.05) is 31.7 Å². The van der Waals surface area contributed by atoms with Gasteiger partial charge >= 0.3 is 0 Å². The Morgan fingerprint density at radius 3 is 2.83 bits per heavy atom. The summed E-state index contributed by atoms with van der Waals surface area (Å²) in [4.78, 5) is 9.88. The maximum Gasteiger partial charge on any atom is 0.274 e. The Kier molecular flexibility index (Phi) is 6.03. The van der Waals surface area contributed by atoms with E-state index in [0.717, 1.165) is 6.07 Å². The molecule has 100 valence electrons. The highest BCUT2D eigenvalue weighted by Gasteiger charge is 2.09. The molecule has 1 rings (SSSR count).